The fraction of sp³-hybridized carbons (Fsp3) is 0.222. The molecule has 3 aromatic rings. The molecular weight excluding hydrogens is 311 g/mol. The van der Waals surface area contributed by atoms with Crippen LogP contribution in [-0.4, -0.2) is 10.2 Å². The zero-order valence-corrected chi connectivity index (χ0v) is 14.0. The Morgan fingerprint density at radius 3 is 2.61 bits per heavy atom. The maximum absolute atomic E-state index is 13.8. The lowest BCUT2D eigenvalue weighted by Crippen LogP contribution is -1.92. The predicted octanol–water partition coefficient (Wildman–Crippen LogP) is 5.35. The zero-order valence-electron chi connectivity index (χ0n) is 13.2. The van der Waals surface area contributed by atoms with E-state index in [9.17, 15) is 4.39 Å². The van der Waals surface area contributed by atoms with Crippen molar-refractivity contribution in [2.24, 2.45) is 0 Å². The summed E-state index contributed by atoms with van der Waals surface area (Å²) in [5.74, 6) is 0.271. The van der Waals surface area contributed by atoms with Gasteiger partial charge in [0.25, 0.3) is 5.22 Å². The first-order chi connectivity index (χ1) is 11.0. The smallest absolute Gasteiger partial charge is 0.277 e. The predicted molar refractivity (Wildman–Crippen MR) is 89.9 cm³/mol. The fourth-order valence-electron chi connectivity index (χ4n) is 2.44. The van der Waals surface area contributed by atoms with Crippen molar-refractivity contribution in [3.05, 3.63) is 65.0 Å². The number of aryl methyl sites for hydroxylation is 2. The fourth-order valence-corrected chi connectivity index (χ4v) is 3.27. The van der Waals surface area contributed by atoms with Crippen LogP contribution in [0.4, 0.5) is 4.39 Å². The van der Waals surface area contributed by atoms with Crippen LogP contribution < -0.4 is 0 Å². The van der Waals surface area contributed by atoms with E-state index in [1.165, 1.54) is 23.4 Å². The molecule has 118 valence electrons. The minimum absolute atomic E-state index is 0.108. The monoisotopic (exact) mass is 328 g/mol. The number of rotatable bonds is 4. The van der Waals surface area contributed by atoms with Gasteiger partial charge in [0, 0.05) is 16.4 Å². The minimum Gasteiger partial charge on any atom is -0.411 e. The minimum atomic E-state index is -0.221. The van der Waals surface area contributed by atoms with Crippen LogP contribution in [0.25, 0.3) is 11.5 Å². The molecule has 1 atom stereocenters. The molecule has 5 heteroatoms. The van der Waals surface area contributed by atoms with Crippen molar-refractivity contribution >= 4 is 11.8 Å². The van der Waals surface area contributed by atoms with Gasteiger partial charge in [0.15, 0.2) is 0 Å². The summed E-state index contributed by atoms with van der Waals surface area (Å²) in [4.78, 5) is 0. The third-order valence-corrected chi connectivity index (χ3v) is 4.61. The van der Waals surface area contributed by atoms with E-state index >= 15 is 0 Å². The first-order valence-corrected chi connectivity index (χ1v) is 8.25. The van der Waals surface area contributed by atoms with Crippen LogP contribution in [0.15, 0.2) is 52.1 Å². The second-order valence-corrected chi connectivity index (χ2v) is 6.77. The summed E-state index contributed by atoms with van der Waals surface area (Å²) in [6, 6.07) is 12.8. The van der Waals surface area contributed by atoms with Gasteiger partial charge in [-0.25, -0.2) is 4.39 Å². The molecule has 0 N–H and O–H groups in total. The van der Waals surface area contributed by atoms with Gasteiger partial charge >= 0.3 is 0 Å². The summed E-state index contributed by atoms with van der Waals surface area (Å²) in [6.45, 7) is 5.98. The lowest BCUT2D eigenvalue weighted by molar-refractivity contribution is 0.464. The molecule has 0 aliphatic rings. The highest BCUT2D eigenvalue weighted by Crippen LogP contribution is 2.36. The SMILES string of the molecule is Cc1ccc(-c2nnc(SC(C)c3ccccc3F)o2)c(C)c1. The summed E-state index contributed by atoms with van der Waals surface area (Å²) in [7, 11) is 0. The molecule has 3 nitrogen and oxygen atoms in total. The van der Waals surface area contributed by atoms with Crippen molar-refractivity contribution in [1.29, 1.82) is 0 Å². The van der Waals surface area contributed by atoms with Gasteiger partial charge in [-0.3, -0.25) is 0 Å². The Bertz CT molecular complexity index is 831. The highest BCUT2D eigenvalue weighted by molar-refractivity contribution is 7.99. The third kappa shape index (κ3) is 3.45. The zero-order chi connectivity index (χ0) is 16.4. The largest absolute Gasteiger partial charge is 0.411 e. The Balaban J connectivity index is 1.81. The van der Waals surface area contributed by atoms with E-state index in [-0.39, 0.29) is 11.1 Å². The van der Waals surface area contributed by atoms with Gasteiger partial charge in [0.05, 0.1) is 0 Å². The van der Waals surface area contributed by atoms with Gasteiger partial charge in [-0.05, 0) is 38.5 Å². The van der Waals surface area contributed by atoms with Gasteiger partial charge in [0.2, 0.25) is 5.89 Å². The molecule has 3 rings (SSSR count). The van der Waals surface area contributed by atoms with Crippen molar-refractivity contribution in [2.45, 2.75) is 31.2 Å². The van der Waals surface area contributed by atoms with Crippen LogP contribution in [-0.2, 0) is 0 Å². The van der Waals surface area contributed by atoms with Crippen molar-refractivity contribution in [1.82, 2.24) is 10.2 Å². The molecule has 0 spiro atoms. The summed E-state index contributed by atoms with van der Waals surface area (Å²) in [5, 5.41) is 8.52. The summed E-state index contributed by atoms with van der Waals surface area (Å²) < 4.78 is 19.6. The lowest BCUT2D eigenvalue weighted by Gasteiger charge is -2.09. The first kappa shape index (κ1) is 15.7. The van der Waals surface area contributed by atoms with E-state index in [4.69, 9.17) is 4.42 Å². The Morgan fingerprint density at radius 1 is 1.09 bits per heavy atom. The maximum Gasteiger partial charge on any atom is 0.277 e. The van der Waals surface area contributed by atoms with Crippen LogP contribution in [0.1, 0.15) is 28.9 Å². The van der Waals surface area contributed by atoms with E-state index in [2.05, 4.69) is 16.3 Å². The van der Waals surface area contributed by atoms with Gasteiger partial charge in [-0.15, -0.1) is 10.2 Å². The molecule has 0 bridgehead atoms. The molecule has 1 heterocycles. The quantitative estimate of drug-likeness (QED) is 0.606. The average Bonchev–Trinajstić information content (AvgIpc) is 2.95. The topological polar surface area (TPSA) is 38.9 Å². The molecule has 0 amide bonds. The van der Waals surface area contributed by atoms with Crippen molar-refractivity contribution in [3.63, 3.8) is 0 Å². The molecule has 0 saturated heterocycles. The number of aromatic nitrogens is 2. The van der Waals surface area contributed by atoms with Crippen LogP contribution in [0.2, 0.25) is 0 Å². The Hall–Kier alpha value is -2.14. The van der Waals surface area contributed by atoms with Crippen LogP contribution >= 0.6 is 11.8 Å². The van der Waals surface area contributed by atoms with Gasteiger partial charge < -0.3 is 4.42 Å². The second kappa shape index (κ2) is 6.54. The number of benzene rings is 2. The second-order valence-electron chi connectivity index (χ2n) is 5.47. The van der Waals surface area contributed by atoms with Gasteiger partial charge in [-0.2, -0.15) is 0 Å². The molecule has 1 unspecified atom stereocenters. The summed E-state index contributed by atoms with van der Waals surface area (Å²) >= 11 is 1.36. The van der Waals surface area contributed by atoms with E-state index in [1.807, 2.05) is 39.0 Å². The molecule has 0 aliphatic carbocycles. The third-order valence-electron chi connectivity index (χ3n) is 3.64. The summed E-state index contributed by atoms with van der Waals surface area (Å²) in [6.07, 6.45) is 0. The normalized spacial score (nSPS) is 12.3. The first-order valence-electron chi connectivity index (χ1n) is 7.37. The highest BCUT2D eigenvalue weighted by atomic mass is 32.2. The molecular formula is C18H17FN2OS. The number of hydrogen-bond donors (Lipinski definition) is 0. The maximum atomic E-state index is 13.8. The van der Waals surface area contributed by atoms with E-state index < -0.39 is 0 Å². The average molecular weight is 328 g/mol. The van der Waals surface area contributed by atoms with Gasteiger partial charge in [-0.1, -0.05) is 47.7 Å². The van der Waals surface area contributed by atoms with Gasteiger partial charge in [0.1, 0.15) is 5.82 Å². The molecule has 1 aromatic heterocycles. The number of nitrogens with zero attached hydrogens (tertiary/aromatic N) is 2. The van der Waals surface area contributed by atoms with Crippen LogP contribution in [0, 0.1) is 19.7 Å². The Kier molecular flexibility index (Phi) is 4.48. The number of hydrogen-bond acceptors (Lipinski definition) is 4. The Morgan fingerprint density at radius 2 is 1.87 bits per heavy atom. The van der Waals surface area contributed by atoms with E-state index in [0.29, 0.717) is 16.7 Å². The molecule has 0 fully saturated rings. The van der Waals surface area contributed by atoms with Crippen molar-refractivity contribution in [3.8, 4) is 11.5 Å². The van der Waals surface area contributed by atoms with Crippen LogP contribution in [0.5, 0.6) is 0 Å². The van der Waals surface area contributed by atoms with E-state index in [1.54, 1.807) is 12.1 Å². The number of thioether (sulfide) groups is 1. The molecule has 0 saturated carbocycles. The standard InChI is InChI=1S/C18H17FN2OS/c1-11-8-9-14(12(2)10-11)17-20-21-18(22-17)23-13(3)15-6-4-5-7-16(15)19/h4-10,13H,1-3H3. The summed E-state index contributed by atoms with van der Waals surface area (Å²) in [5.41, 5.74) is 3.83. The van der Waals surface area contributed by atoms with Crippen molar-refractivity contribution < 1.29 is 8.81 Å². The number of halogens is 1. The lowest BCUT2D eigenvalue weighted by atomic mass is 10.1. The van der Waals surface area contributed by atoms with Crippen LogP contribution in [0.3, 0.4) is 0 Å². The molecule has 0 aliphatic heterocycles. The van der Waals surface area contributed by atoms with E-state index in [0.717, 1.165) is 11.1 Å². The molecule has 23 heavy (non-hydrogen) atoms. The molecule has 2 aromatic carbocycles. The Labute approximate surface area is 138 Å². The van der Waals surface area contributed by atoms with Crippen molar-refractivity contribution in [2.75, 3.05) is 0 Å². The molecule has 0 radical (unpaired) electrons. The highest BCUT2D eigenvalue weighted by Gasteiger charge is 2.17.